The number of nitrogens with zero attached hydrogens (tertiary/aromatic N) is 2. The molecule has 1 saturated heterocycles. The summed E-state index contributed by atoms with van der Waals surface area (Å²) in [6.45, 7) is 8.95. The molecule has 3 aromatic rings. The number of fused-ring (bicyclic) bond motifs is 1. The van der Waals surface area contributed by atoms with Gasteiger partial charge in [0.05, 0.1) is 12.5 Å². The zero-order valence-electron chi connectivity index (χ0n) is 15.8. The van der Waals surface area contributed by atoms with Crippen LogP contribution >= 0.6 is 0 Å². The van der Waals surface area contributed by atoms with Gasteiger partial charge in [-0.3, -0.25) is 4.79 Å². The molecule has 4 rings (SSSR count). The third kappa shape index (κ3) is 2.71. The maximum atomic E-state index is 13.1. The van der Waals surface area contributed by atoms with Crippen LogP contribution in [0.25, 0.3) is 10.9 Å². The topological polar surface area (TPSA) is 62.1 Å². The molecule has 0 radical (unpaired) electrons. The van der Waals surface area contributed by atoms with Gasteiger partial charge in [-0.2, -0.15) is 0 Å². The molecule has 0 saturated carbocycles. The van der Waals surface area contributed by atoms with Crippen LogP contribution in [-0.4, -0.2) is 27.5 Å². The lowest BCUT2D eigenvalue weighted by Crippen LogP contribution is -2.32. The Morgan fingerprint density at radius 2 is 2.04 bits per heavy atom. The molecular weight excluding hydrogens is 326 g/mol. The molecule has 26 heavy (non-hydrogen) atoms. The van der Waals surface area contributed by atoms with Crippen molar-refractivity contribution >= 4 is 16.8 Å². The molecule has 1 amide bonds. The molecular formula is C21H25N3O2. The molecule has 136 valence electrons. The molecule has 1 aromatic carbocycles. The van der Waals surface area contributed by atoms with Gasteiger partial charge in [-0.15, -0.1) is 0 Å². The monoisotopic (exact) mass is 351 g/mol. The van der Waals surface area contributed by atoms with Crippen LogP contribution in [0.4, 0.5) is 0 Å². The molecule has 1 aliphatic rings. The second-order valence-electron chi connectivity index (χ2n) is 7.46. The van der Waals surface area contributed by atoms with Crippen molar-refractivity contribution in [3.05, 3.63) is 52.0 Å². The largest absolute Gasteiger partial charge is 0.361 e. The van der Waals surface area contributed by atoms with Crippen LogP contribution in [0.15, 0.2) is 22.7 Å². The van der Waals surface area contributed by atoms with Crippen LogP contribution in [0.5, 0.6) is 0 Å². The van der Waals surface area contributed by atoms with Gasteiger partial charge in [0.1, 0.15) is 11.5 Å². The van der Waals surface area contributed by atoms with Crippen molar-refractivity contribution in [2.24, 2.45) is 0 Å². The molecule has 1 unspecified atom stereocenters. The number of aryl methyl sites for hydroxylation is 4. The first-order chi connectivity index (χ1) is 12.5. The van der Waals surface area contributed by atoms with Gasteiger partial charge in [0.2, 0.25) is 5.91 Å². The third-order valence-electron chi connectivity index (χ3n) is 5.58. The van der Waals surface area contributed by atoms with Crippen LogP contribution in [0, 0.1) is 27.7 Å². The second-order valence-corrected chi connectivity index (χ2v) is 7.46. The van der Waals surface area contributed by atoms with Gasteiger partial charge in [0.15, 0.2) is 0 Å². The summed E-state index contributed by atoms with van der Waals surface area (Å²) in [6, 6.07) is 6.24. The fourth-order valence-electron chi connectivity index (χ4n) is 4.20. The predicted molar refractivity (Wildman–Crippen MR) is 101 cm³/mol. The van der Waals surface area contributed by atoms with Crippen molar-refractivity contribution in [2.75, 3.05) is 6.54 Å². The Bertz CT molecular complexity index is 983. The number of benzene rings is 1. The number of rotatable bonds is 3. The average molecular weight is 351 g/mol. The molecule has 3 heterocycles. The number of hydrogen-bond acceptors (Lipinski definition) is 3. The normalized spacial score (nSPS) is 17.4. The Hall–Kier alpha value is -2.56. The highest BCUT2D eigenvalue weighted by atomic mass is 16.5. The number of hydrogen-bond donors (Lipinski definition) is 1. The van der Waals surface area contributed by atoms with Crippen LogP contribution < -0.4 is 0 Å². The van der Waals surface area contributed by atoms with E-state index in [9.17, 15) is 4.79 Å². The van der Waals surface area contributed by atoms with E-state index in [4.69, 9.17) is 4.52 Å². The SMILES string of the molecule is Cc1cc(C2CCCN2C(=O)Cc2c(C)[nH]c3c(C)ccc(C)c23)no1. The van der Waals surface area contributed by atoms with E-state index in [0.29, 0.717) is 6.42 Å². The molecule has 0 bridgehead atoms. The second kappa shape index (κ2) is 6.31. The van der Waals surface area contributed by atoms with Crippen LogP contribution in [0.2, 0.25) is 0 Å². The number of H-pyrrole nitrogens is 1. The number of aromatic nitrogens is 2. The number of amides is 1. The Morgan fingerprint density at radius 1 is 1.27 bits per heavy atom. The fraction of sp³-hybridized carbons (Fsp3) is 0.429. The van der Waals surface area contributed by atoms with Gasteiger partial charge >= 0.3 is 0 Å². The average Bonchev–Trinajstić information content (AvgIpc) is 3.31. The minimum Gasteiger partial charge on any atom is -0.361 e. The lowest BCUT2D eigenvalue weighted by molar-refractivity contribution is -0.131. The zero-order valence-corrected chi connectivity index (χ0v) is 15.8. The van der Waals surface area contributed by atoms with E-state index < -0.39 is 0 Å². The van der Waals surface area contributed by atoms with Crippen LogP contribution in [0.3, 0.4) is 0 Å². The smallest absolute Gasteiger partial charge is 0.227 e. The van der Waals surface area contributed by atoms with Crippen LogP contribution in [0.1, 0.15) is 52.7 Å². The van der Waals surface area contributed by atoms with E-state index in [1.807, 2.05) is 17.9 Å². The van der Waals surface area contributed by atoms with E-state index in [-0.39, 0.29) is 11.9 Å². The molecule has 2 aromatic heterocycles. The molecule has 0 aliphatic carbocycles. The van der Waals surface area contributed by atoms with Crippen molar-refractivity contribution in [1.82, 2.24) is 15.0 Å². The van der Waals surface area contributed by atoms with Gasteiger partial charge < -0.3 is 14.4 Å². The summed E-state index contributed by atoms with van der Waals surface area (Å²) in [5.41, 5.74) is 6.64. The number of nitrogens with one attached hydrogen (secondary N) is 1. The summed E-state index contributed by atoms with van der Waals surface area (Å²) < 4.78 is 5.22. The molecule has 5 nitrogen and oxygen atoms in total. The van der Waals surface area contributed by atoms with E-state index in [1.54, 1.807) is 0 Å². The summed E-state index contributed by atoms with van der Waals surface area (Å²) >= 11 is 0. The van der Waals surface area contributed by atoms with E-state index in [0.717, 1.165) is 47.6 Å². The number of carbonyl (C=O) groups excluding carboxylic acids is 1. The maximum absolute atomic E-state index is 13.1. The summed E-state index contributed by atoms with van der Waals surface area (Å²) in [4.78, 5) is 18.6. The summed E-state index contributed by atoms with van der Waals surface area (Å²) in [5, 5.41) is 5.34. The lowest BCUT2D eigenvalue weighted by atomic mass is 10.0. The molecule has 1 aliphatic heterocycles. The van der Waals surface area contributed by atoms with Gasteiger partial charge in [-0.05, 0) is 57.2 Å². The Kier molecular flexibility index (Phi) is 4.10. The third-order valence-corrected chi connectivity index (χ3v) is 5.58. The number of likely N-dealkylation sites (tertiary alicyclic amines) is 1. The summed E-state index contributed by atoms with van der Waals surface area (Å²) in [7, 11) is 0. The Balaban J connectivity index is 1.65. The quantitative estimate of drug-likeness (QED) is 0.765. The first-order valence-electron chi connectivity index (χ1n) is 9.25. The van der Waals surface area contributed by atoms with Gasteiger partial charge in [-0.25, -0.2) is 0 Å². The first-order valence-corrected chi connectivity index (χ1v) is 9.25. The van der Waals surface area contributed by atoms with E-state index >= 15 is 0 Å². The number of aromatic amines is 1. The minimum atomic E-state index is 0.0355. The first kappa shape index (κ1) is 16.9. The molecule has 1 N–H and O–H groups in total. The standard InChI is InChI=1S/C21H25N3O2/c1-12-7-8-13(2)21-20(12)16(15(4)22-21)11-19(25)24-9-5-6-18(24)17-10-14(3)26-23-17/h7-8,10,18,22H,5-6,9,11H2,1-4H3. The van der Waals surface area contributed by atoms with Gasteiger partial charge in [-0.1, -0.05) is 17.3 Å². The Labute approximate surface area is 153 Å². The highest BCUT2D eigenvalue weighted by molar-refractivity contribution is 5.94. The van der Waals surface area contributed by atoms with Crippen molar-refractivity contribution in [3.8, 4) is 0 Å². The van der Waals surface area contributed by atoms with Crippen molar-refractivity contribution < 1.29 is 9.32 Å². The summed E-state index contributed by atoms with van der Waals surface area (Å²) in [6.07, 6.45) is 2.37. The van der Waals surface area contributed by atoms with Gasteiger partial charge in [0.25, 0.3) is 0 Å². The number of carbonyl (C=O) groups is 1. The lowest BCUT2D eigenvalue weighted by Gasteiger charge is -2.23. The molecule has 0 spiro atoms. The van der Waals surface area contributed by atoms with Crippen molar-refractivity contribution in [2.45, 2.75) is 53.0 Å². The maximum Gasteiger partial charge on any atom is 0.227 e. The predicted octanol–water partition coefficient (Wildman–Crippen LogP) is 4.30. The van der Waals surface area contributed by atoms with Crippen molar-refractivity contribution in [3.63, 3.8) is 0 Å². The van der Waals surface area contributed by atoms with E-state index in [2.05, 4.69) is 43.0 Å². The van der Waals surface area contributed by atoms with Crippen molar-refractivity contribution in [1.29, 1.82) is 0 Å². The highest BCUT2D eigenvalue weighted by Crippen LogP contribution is 2.34. The molecule has 1 fully saturated rings. The fourth-order valence-corrected chi connectivity index (χ4v) is 4.20. The molecule has 5 heteroatoms. The van der Waals surface area contributed by atoms with Gasteiger partial charge in [0, 0.05) is 29.2 Å². The minimum absolute atomic E-state index is 0.0355. The Morgan fingerprint density at radius 3 is 2.77 bits per heavy atom. The van der Waals surface area contributed by atoms with Crippen LogP contribution in [-0.2, 0) is 11.2 Å². The molecule has 1 atom stereocenters. The zero-order chi connectivity index (χ0) is 18.4. The summed E-state index contributed by atoms with van der Waals surface area (Å²) in [5.74, 6) is 0.955. The highest BCUT2D eigenvalue weighted by Gasteiger charge is 2.32. The van der Waals surface area contributed by atoms with E-state index in [1.165, 1.54) is 16.5 Å².